The van der Waals surface area contributed by atoms with Crippen molar-refractivity contribution in [3.63, 3.8) is 0 Å². The minimum atomic E-state index is -0.438. The zero-order valence-corrected chi connectivity index (χ0v) is 37.8. The number of hydrogen-bond acceptors (Lipinski definition) is 11. The van der Waals surface area contributed by atoms with Crippen LogP contribution >= 0.6 is 11.6 Å². The zero-order valence-electron chi connectivity index (χ0n) is 37.0. The SMILES string of the molecule is CCC1(C(=O)NC2CCC2)CCN(c2ccc(-c3nc(-c4cnn([C@H]5CC[C@@H](N6CCC(c7ccc(NC8CCC(=O)NC8=O)cc7Cl)CC6)CC5)c4)cn4ncc(C#N)c34)cn2)CC1. The van der Waals surface area contributed by atoms with Crippen LogP contribution in [0.2, 0.25) is 5.02 Å². The Hall–Kier alpha value is -5.85. The number of piperidine rings is 3. The minimum absolute atomic E-state index is 0.217. The zero-order chi connectivity index (χ0) is 44.7. The second-order valence-electron chi connectivity index (χ2n) is 18.9. The summed E-state index contributed by atoms with van der Waals surface area (Å²) < 4.78 is 3.84. The first-order valence-electron chi connectivity index (χ1n) is 23.7. The van der Waals surface area contributed by atoms with Crippen LogP contribution in [0.25, 0.3) is 28.0 Å². The molecule has 15 nitrogen and oxygen atoms in total. The van der Waals surface area contributed by atoms with E-state index in [4.69, 9.17) is 26.7 Å². The highest BCUT2D eigenvalue weighted by atomic mass is 35.5. The van der Waals surface area contributed by atoms with E-state index in [1.54, 1.807) is 10.7 Å². The van der Waals surface area contributed by atoms with Crippen molar-refractivity contribution in [2.24, 2.45) is 5.41 Å². The second-order valence-corrected chi connectivity index (χ2v) is 19.3. The Morgan fingerprint density at radius 1 is 0.908 bits per heavy atom. The van der Waals surface area contributed by atoms with E-state index in [1.807, 2.05) is 42.9 Å². The fraction of sp³-hybridized carbons (Fsp3) is 0.510. The number of nitrogens with one attached hydrogen (secondary N) is 3. The molecule has 2 aliphatic carbocycles. The molecule has 3 amide bonds. The Labute approximate surface area is 384 Å². The van der Waals surface area contributed by atoms with Gasteiger partial charge in [-0.05, 0) is 132 Å². The highest BCUT2D eigenvalue weighted by Crippen LogP contribution is 2.40. The number of rotatable bonds is 11. The van der Waals surface area contributed by atoms with Crippen LogP contribution in [-0.2, 0) is 14.4 Å². The van der Waals surface area contributed by atoms with Crippen LogP contribution < -0.4 is 20.9 Å². The van der Waals surface area contributed by atoms with E-state index >= 15 is 0 Å². The van der Waals surface area contributed by atoms with Gasteiger partial charge in [0.2, 0.25) is 17.7 Å². The van der Waals surface area contributed by atoms with Gasteiger partial charge in [-0.15, -0.1) is 0 Å². The Bertz CT molecular complexity index is 2610. The summed E-state index contributed by atoms with van der Waals surface area (Å²) >= 11 is 6.82. The van der Waals surface area contributed by atoms with Gasteiger partial charge >= 0.3 is 0 Å². The molecule has 0 radical (unpaired) electrons. The van der Waals surface area contributed by atoms with Gasteiger partial charge in [0, 0.05) is 65.8 Å². The fourth-order valence-corrected chi connectivity index (χ4v) is 11.2. The number of fused-ring (bicyclic) bond motifs is 1. The molecule has 3 aliphatic heterocycles. The molecular weight excluding hydrogens is 840 g/mol. The highest BCUT2D eigenvalue weighted by Gasteiger charge is 2.41. The van der Waals surface area contributed by atoms with Crippen molar-refractivity contribution < 1.29 is 14.4 Å². The molecule has 3 N–H and O–H groups in total. The lowest BCUT2D eigenvalue weighted by Crippen LogP contribution is -2.52. The van der Waals surface area contributed by atoms with Gasteiger partial charge in [-0.3, -0.25) is 24.4 Å². The average molecular weight is 898 g/mol. The first kappa shape index (κ1) is 43.1. The summed E-state index contributed by atoms with van der Waals surface area (Å²) in [7, 11) is 0. The quantitative estimate of drug-likeness (QED) is 0.112. The molecule has 10 rings (SSSR count). The summed E-state index contributed by atoms with van der Waals surface area (Å²) in [5, 5.41) is 29.1. The van der Waals surface area contributed by atoms with Crippen LogP contribution in [0.3, 0.4) is 0 Å². The van der Waals surface area contributed by atoms with Gasteiger partial charge < -0.3 is 20.4 Å². The minimum Gasteiger partial charge on any atom is -0.374 e. The van der Waals surface area contributed by atoms with Gasteiger partial charge in [-0.2, -0.15) is 15.5 Å². The van der Waals surface area contributed by atoms with Crippen LogP contribution in [0.4, 0.5) is 11.5 Å². The normalized spacial score (nSPS) is 23.2. The number of likely N-dealkylation sites (tertiary alicyclic amines) is 1. The number of halogens is 1. The molecule has 4 aromatic heterocycles. The standard InChI is InChI=1S/C49H57ClN12O3/c1-2-49(48(65)56-35-4-3-5-35)18-22-60(23-19-49)43-14-6-32(26-52-43)45-46-33(25-51)27-54-62(46)30-42(57-45)34-28-53-61(29-34)38-10-8-37(9-11-38)59-20-16-31(17-21-59)39-12-7-36(24-40(39)50)55-41-13-15-44(63)58-47(41)64/h6-7,12,14,24,26-31,35,37-38,41,55H,2-5,8-11,13,15-23H2,1H3,(H,56,65)(H,58,63,64)/t37-,38+,41?. The van der Waals surface area contributed by atoms with Gasteiger partial charge in [0.15, 0.2) is 0 Å². The average Bonchev–Trinajstić information content (AvgIpc) is 3.99. The van der Waals surface area contributed by atoms with Crippen molar-refractivity contribution in [3.05, 3.63) is 77.5 Å². The molecule has 2 saturated carbocycles. The molecule has 5 fully saturated rings. The maximum Gasteiger partial charge on any atom is 0.249 e. The molecule has 5 aliphatic rings. The largest absolute Gasteiger partial charge is 0.374 e. The van der Waals surface area contributed by atoms with Crippen LogP contribution in [0.1, 0.15) is 120 Å². The molecule has 16 heteroatoms. The number of carbonyl (C=O) groups excluding carboxylic acids is 3. The maximum atomic E-state index is 13.3. The van der Waals surface area contributed by atoms with Gasteiger partial charge in [-0.25, -0.2) is 14.5 Å². The van der Waals surface area contributed by atoms with Crippen molar-refractivity contribution in [2.75, 3.05) is 36.4 Å². The molecule has 1 aromatic carbocycles. The number of carbonyl (C=O) groups is 3. The van der Waals surface area contributed by atoms with Crippen molar-refractivity contribution in [1.82, 2.24) is 44.9 Å². The van der Waals surface area contributed by atoms with E-state index in [2.05, 4.69) is 60.8 Å². The summed E-state index contributed by atoms with van der Waals surface area (Å²) in [5.41, 5.74) is 5.78. The van der Waals surface area contributed by atoms with E-state index in [1.165, 1.54) is 6.42 Å². The van der Waals surface area contributed by atoms with E-state index in [9.17, 15) is 19.6 Å². The third-order valence-electron chi connectivity index (χ3n) is 15.3. The molecule has 7 heterocycles. The van der Waals surface area contributed by atoms with Crippen LogP contribution in [0.5, 0.6) is 0 Å². The summed E-state index contributed by atoms with van der Waals surface area (Å²) in [6.45, 7) is 5.74. The summed E-state index contributed by atoms with van der Waals surface area (Å²) in [5.74, 6) is 0.958. The molecule has 5 aromatic rings. The van der Waals surface area contributed by atoms with E-state index < -0.39 is 6.04 Å². The number of aromatic nitrogens is 6. The number of amides is 3. The number of pyridine rings is 1. The Balaban J connectivity index is 0.757. The molecule has 0 spiro atoms. The lowest BCUT2D eigenvalue weighted by atomic mass is 9.74. The summed E-state index contributed by atoms with van der Waals surface area (Å²) in [4.78, 5) is 52.1. The Morgan fingerprint density at radius 3 is 2.37 bits per heavy atom. The smallest absolute Gasteiger partial charge is 0.249 e. The number of nitriles is 1. The maximum absolute atomic E-state index is 13.3. The molecule has 1 atom stereocenters. The van der Waals surface area contributed by atoms with E-state index in [0.29, 0.717) is 58.7 Å². The summed E-state index contributed by atoms with van der Waals surface area (Å²) in [6, 6.07) is 13.1. The topological polar surface area (TPSA) is 178 Å². The second kappa shape index (κ2) is 18.2. The number of imide groups is 1. The number of nitrogens with zero attached hydrogens (tertiary/aromatic N) is 9. The lowest BCUT2D eigenvalue weighted by Gasteiger charge is -2.42. The number of anilines is 2. The molecular formula is C49H57ClN12O3. The van der Waals surface area contributed by atoms with Crippen molar-refractivity contribution in [1.29, 1.82) is 5.26 Å². The first-order valence-corrected chi connectivity index (χ1v) is 24.0. The Kier molecular flexibility index (Phi) is 12.1. The molecule has 0 bridgehead atoms. The number of benzene rings is 1. The summed E-state index contributed by atoms with van der Waals surface area (Å²) in [6.07, 6.45) is 22.3. The molecule has 338 valence electrons. The van der Waals surface area contributed by atoms with Gasteiger partial charge in [-0.1, -0.05) is 24.6 Å². The monoisotopic (exact) mass is 896 g/mol. The number of hydrogen-bond donors (Lipinski definition) is 3. The fourth-order valence-electron chi connectivity index (χ4n) is 10.9. The Morgan fingerprint density at radius 2 is 1.69 bits per heavy atom. The van der Waals surface area contributed by atoms with Crippen molar-refractivity contribution >= 4 is 46.3 Å². The molecule has 1 unspecified atom stereocenters. The van der Waals surface area contributed by atoms with Crippen molar-refractivity contribution in [3.8, 4) is 28.6 Å². The first-order chi connectivity index (χ1) is 31.7. The van der Waals surface area contributed by atoms with Gasteiger partial charge in [0.05, 0.1) is 41.4 Å². The highest BCUT2D eigenvalue weighted by molar-refractivity contribution is 6.31. The third kappa shape index (κ3) is 8.70. The van der Waals surface area contributed by atoms with Gasteiger partial charge in [0.25, 0.3) is 0 Å². The molecule has 3 saturated heterocycles. The van der Waals surface area contributed by atoms with Crippen LogP contribution in [0, 0.1) is 16.7 Å². The van der Waals surface area contributed by atoms with E-state index in [0.717, 1.165) is 131 Å². The lowest BCUT2D eigenvalue weighted by molar-refractivity contribution is -0.134. The van der Waals surface area contributed by atoms with E-state index in [-0.39, 0.29) is 23.1 Å². The van der Waals surface area contributed by atoms with Crippen molar-refractivity contribution in [2.45, 2.75) is 127 Å². The molecule has 65 heavy (non-hydrogen) atoms. The van der Waals surface area contributed by atoms with Gasteiger partial charge in [0.1, 0.15) is 29.0 Å². The van der Waals surface area contributed by atoms with Crippen LogP contribution in [0.15, 0.2) is 61.3 Å². The predicted molar refractivity (Wildman–Crippen MR) is 248 cm³/mol. The van der Waals surface area contributed by atoms with Crippen LogP contribution in [-0.4, -0.2) is 96.3 Å². The predicted octanol–water partition coefficient (Wildman–Crippen LogP) is 7.43. The third-order valence-corrected chi connectivity index (χ3v) is 15.6.